The van der Waals surface area contributed by atoms with E-state index in [1.165, 1.54) is 36.9 Å². The Bertz CT molecular complexity index is 335. The van der Waals surface area contributed by atoms with Crippen molar-refractivity contribution >= 4 is 0 Å². The van der Waals surface area contributed by atoms with Gasteiger partial charge in [0.15, 0.2) is 0 Å². The molecular formula is C13H23N3. The monoisotopic (exact) mass is 221 g/mol. The topological polar surface area (TPSA) is 43.8 Å². The van der Waals surface area contributed by atoms with Gasteiger partial charge in [-0.2, -0.15) is 5.10 Å². The lowest BCUT2D eigenvalue weighted by Gasteiger charge is -2.09. The summed E-state index contributed by atoms with van der Waals surface area (Å²) in [5, 5.41) is 4.77. The summed E-state index contributed by atoms with van der Waals surface area (Å²) in [6.07, 6.45) is 8.49. The van der Waals surface area contributed by atoms with Crippen LogP contribution in [-0.2, 0) is 6.42 Å². The molecule has 2 rings (SSSR count). The van der Waals surface area contributed by atoms with Crippen LogP contribution in [0.1, 0.15) is 62.7 Å². The van der Waals surface area contributed by atoms with E-state index in [0.29, 0.717) is 12.0 Å². The maximum atomic E-state index is 5.66. The maximum absolute atomic E-state index is 5.66. The fourth-order valence-corrected chi connectivity index (χ4v) is 2.63. The van der Waals surface area contributed by atoms with Crippen LogP contribution in [0.5, 0.6) is 0 Å². The minimum absolute atomic E-state index is 0.504. The lowest BCUT2D eigenvalue weighted by atomic mass is 10.0. The molecule has 0 unspecified atom stereocenters. The Hall–Kier alpha value is -0.830. The number of hydrogen-bond donors (Lipinski definition) is 1. The van der Waals surface area contributed by atoms with Crippen LogP contribution in [0.4, 0.5) is 0 Å². The lowest BCUT2D eigenvalue weighted by molar-refractivity contribution is 0.461. The minimum Gasteiger partial charge on any atom is -0.330 e. The van der Waals surface area contributed by atoms with E-state index in [-0.39, 0.29) is 0 Å². The smallest absolute Gasteiger partial charge is 0.0682 e. The van der Waals surface area contributed by atoms with E-state index in [1.54, 1.807) is 0 Å². The van der Waals surface area contributed by atoms with Crippen LogP contribution >= 0.6 is 0 Å². The molecule has 1 heterocycles. The molecule has 1 aromatic rings. The first-order valence-corrected chi connectivity index (χ1v) is 6.50. The average Bonchev–Trinajstić information content (AvgIpc) is 2.83. The predicted octanol–water partition coefficient (Wildman–Crippen LogP) is 2.62. The van der Waals surface area contributed by atoms with E-state index in [4.69, 9.17) is 10.8 Å². The standard InChI is InChI=1S/C13H23N3/c1-10(2)13-11(7-8-14)9-16(15-13)12-5-3-4-6-12/h9-10,12H,3-8,14H2,1-2H3. The highest BCUT2D eigenvalue weighted by Crippen LogP contribution is 2.30. The van der Waals surface area contributed by atoms with Crippen LogP contribution in [0.3, 0.4) is 0 Å². The molecule has 1 saturated carbocycles. The molecule has 3 nitrogen and oxygen atoms in total. The summed E-state index contributed by atoms with van der Waals surface area (Å²) in [7, 11) is 0. The van der Waals surface area contributed by atoms with E-state index >= 15 is 0 Å². The van der Waals surface area contributed by atoms with Crippen molar-refractivity contribution in [3.63, 3.8) is 0 Å². The van der Waals surface area contributed by atoms with Crippen molar-refractivity contribution in [1.29, 1.82) is 0 Å². The van der Waals surface area contributed by atoms with Crippen molar-refractivity contribution in [3.8, 4) is 0 Å². The number of nitrogens with zero attached hydrogens (tertiary/aromatic N) is 2. The molecule has 0 amide bonds. The van der Waals surface area contributed by atoms with Gasteiger partial charge in [-0.05, 0) is 37.3 Å². The van der Waals surface area contributed by atoms with Crippen molar-refractivity contribution in [2.75, 3.05) is 6.54 Å². The zero-order chi connectivity index (χ0) is 11.5. The van der Waals surface area contributed by atoms with Crippen molar-refractivity contribution in [1.82, 2.24) is 9.78 Å². The second-order valence-electron chi connectivity index (χ2n) is 5.15. The quantitative estimate of drug-likeness (QED) is 0.849. The van der Waals surface area contributed by atoms with Crippen LogP contribution in [0.25, 0.3) is 0 Å². The Morgan fingerprint density at radius 1 is 1.44 bits per heavy atom. The van der Waals surface area contributed by atoms with Gasteiger partial charge in [-0.3, -0.25) is 4.68 Å². The SMILES string of the molecule is CC(C)c1nn(C2CCCC2)cc1CCN. The summed E-state index contributed by atoms with van der Waals surface area (Å²) in [5.74, 6) is 0.504. The number of aromatic nitrogens is 2. The molecule has 0 aliphatic heterocycles. The summed E-state index contributed by atoms with van der Waals surface area (Å²) < 4.78 is 2.20. The van der Waals surface area contributed by atoms with Crippen LogP contribution < -0.4 is 5.73 Å². The van der Waals surface area contributed by atoms with Gasteiger partial charge in [-0.1, -0.05) is 26.7 Å². The Morgan fingerprint density at radius 3 is 2.69 bits per heavy atom. The summed E-state index contributed by atoms with van der Waals surface area (Å²) in [4.78, 5) is 0. The van der Waals surface area contributed by atoms with Crippen LogP contribution in [-0.4, -0.2) is 16.3 Å². The van der Waals surface area contributed by atoms with Gasteiger partial charge < -0.3 is 5.73 Å². The normalized spacial score (nSPS) is 17.5. The molecule has 0 radical (unpaired) electrons. The number of nitrogens with two attached hydrogens (primary N) is 1. The van der Waals surface area contributed by atoms with Crippen LogP contribution in [0.15, 0.2) is 6.20 Å². The third kappa shape index (κ3) is 2.29. The van der Waals surface area contributed by atoms with Crippen molar-refractivity contribution in [3.05, 3.63) is 17.5 Å². The van der Waals surface area contributed by atoms with Crippen LogP contribution in [0.2, 0.25) is 0 Å². The molecule has 1 aliphatic rings. The first-order valence-electron chi connectivity index (χ1n) is 6.50. The van der Waals surface area contributed by atoms with Gasteiger partial charge in [0.05, 0.1) is 11.7 Å². The van der Waals surface area contributed by atoms with Gasteiger partial charge in [-0.15, -0.1) is 0 Å². The third-order valence-electron chi connectivity index (χ3n) is 3.50. The highest BCUT2D eigenvalue weighted by atomic mass is 15.3. The van der Waals surface area contributed by atoms with Gasteiger partial charge in [0, 0.05) is 6.20 Å². The molecule has 1 fully saturated rings. The van der Waals surface area contributed by atoms with Crippen molar-refractivity contribution in [2.45, 2.75) is 57.9 Å². The van der Waals surface area contributed by atoms with E-state index in [9.17, 15) is 0 Å². The molecule has 16 heavy (non-hydrogen) atoms. The second-order valence-corrected chi connectivity index (χ2v) is 5.15. The first kappa shape index (κ1) is 11.6. The van der Waals surface area contributed by atoms with E-state index in [0.717, 1.165) is 13.0 Å². The largest absolute Gasteiger partial charge is 0.330 e. The molecule has 0 bridgehead atoms. The summed E-state index contributed by atoms with van der Waals surface area (Å²) >= 11 is 0. The van der Waals surface area contributed by atoms with Gasteiger partial charge in [0.25, 0.3) is 0 Å². The average molecular weight is 221 g/mol. The summed E-state index contributed by atoms with van der Waals surface area (Å²) in [6, 6.07) is 0.643. The van der Waals surface area contributed by atoms with E-state index in [2.05, 4.69) is 24.7 Å². The highest BCUT2D eigenvalue weighted by Gasteiger charge is 2.20. The molecule has 3 heteroatoms. The molecule has 0 aromatic carbocycles. The highest BCUT2D eigenvalue weighted by molar-refractivity contribution is 5.21. The Kier molecular flexibility index (Phi) is 3.64. The second kappa shape index (κ2) is 5.00. The van der Waals surface area contributed by atoms with Gasteiger partial charge in [0.2, 0.25) is 0 Å². The Balaban J connectivity index is 2.22. The van der Waals surface area contributed by atoms with E-state index in [1.807, 2.05) is 0 Å². The molecule has 2 N–H and O–H groups in total. The molecule has 0 spiro atoms. The number of rotatable bonds is 4. The summed E-state index contributed by atoms with van der Waals surface area (Å²) in [6.45, 7) is 5.14. The molecule has 0 atom stereocenters. The predicted molar refractivity (Wildman–Crippen MR) is 66.6 cm³/mol. The van der Waals surface area contributed by atoms with Gasteiger partial charge in [0.1, 0.15) is 0 Å². The first-order chi connectivity index (χ1) is 7.72. The molecule has 1 aliphatic carbocycles. The molecule has 0 saturated heterocycles. The summed E-state index contributed by atoms with van der Waals surface area (Å²) in [5.41, 5.74) is 8.25. The van der Waals surface area contributed by atoms with E-state index < -0.39 is 0 Å². The molecular weight excluding hydrogens is 198 g/mol. The van der Waals surface area contributed by atoms with Crippen molar-refractivity contribution in [2.24, 2.45) is 5.73 Å². The van der Waals surface area contributed by atoms with Crippen LogP contribution in [0, 0.1) is 0 Å². The minimum atomic E-state index is 0.504. The third-order valence-corrected chi connectivity index (χ3v) is 3.50. The number of hydrogen-bond acceptors (Lipinski definition) is 2. The fraction of sp³-hybridized carbons (Fsp3) is 0.769. The molecule has 1 aromatic heterocycles. The maximum Gasteiger partial charge on any atom is 0.0682 e. The zero-order valence-electron chi connectivity index (χ0n) is 10.4. The van der Waals surface area contributed by atoms with Crippen molar-refractivity contribution < 1.29 is 0 Å². The van der Waals surface area contributed by atoms with Gasteiger partial charge in [-0.25, -0.2) is 0 Å². The lowest BCUT2D eigenvalue weighted by Crippen LogP contribution is -2.05. The fourth-order valence-electron chi connectivity index (χ4n) is 2.63. The Morgan fingerprint density at radius 2 is 2.12 bits per heavy atom. The molecule has 90 valence electrons. The Labute approximate surface area is 98.0 Å². The zero-order valence-corrected chi connectivity index (χ0v) is 10.4. The van der Waals surface area contributed by atoms with Gasteiger partial charge >= 0.3 is 0 Å².